The fourth-order valence-corrected chi connectivity index (χ4v) is 1.45. The third-order valence-corrected chi connectivity index (χ3v) is 2.81. The number of anilines is 1. The topological polar surface area (TPSA) is 72.9 Å². The second-order valence-electron chi connectivity index (χ2n) is 4.20. The first-order valence-corrected chi connectivity index (χ1v) is 5.52. The molecule has 1 heterocycles. The Labute approximate surface area is 108 Å². The number of nitrogens with two attached hydrogens (primary N) is 1. The van der Waals surface area contributed by atoms with Crippen LogP contribution >= 0.6 is 12.4 Å². The Morgan fingerprint density at radius 2 is 2.24 bits per heavy atom. The average molecular weight is 261 g/mol. The molecule has 98 valence electrons. The molecule has 17 heavy (non-hydrogen) atoms. The number of aromatic nitrogens is 2. The van der Waals surface area contributed by atoms with Crippen LogP contribution in [0.4, 0.5) is 5.82 Å². The van der Waals surface area contributed by atoms with Gasteiger partial charge in [-0.15, -0.1) is 12.4 Å². The van der Waals surface area contributed by atoms with Gasteiger partial charge in [0.15, 0.2) is 0 Å². The first-order chi connectivity index (χ1) is 7.45. The number of amides is 1. The molecule has 6 heteroatoms. The molecule has 1 aromatic rings. The third-order valence-electron chi connectivity index (χ3n) is 2.81. The van der Waals surface area contributed by atoms with E-state index in [2.05, 4.69) is 10.4 Å². The summed E-state index contributed by atoms with van der Waals surface area (Å²) in [6.45, 7) is 5.87. The van der Waals surface area contributed by atoms with E-state index in [1.54, 1.807) is 11.7 Å². The quantitative estimate of drug-likeness (QED) is 0.861. The van der Waals surface area contributed by atoms with Crippen molar-refractivity contribution in [3.8, 4) is 0 Å². The fraction of sp³-hybridized carbons (Fsp3) is 0.636. The molecule has 0 aliphatic heterocycles. The number of nitrogens with one attached hydrogen (secondary N) is 1. The van der Waals surface area contributed by atoms with Crippen LogP contribution in [0.2, 0.25) is 0 Å². The molecule has 5 nitrogen and oxygen atoms in total. The van der Waals surface area contributed by atoms with Crippen molar-refractivity contribution in [2.75, 3.05) is 5.32 Å². The van der Waals surface area contributed by atoms with Crippen molar-refractivity contribution in [1.82, 2.24) is 9.78 Å². The number of aryl methyl sites for hydroxylation is 2. The van der Waals surface area contributed by atoms with Crippen LogP contribution in [0, 0.1) is 12.8 Å². The smallest absolute Gasteiger partial charge is 0.242 e. The number of hydrogen-bond acceptors (Lipinski definition) is 3. The summed E-state index contributed by atoms with van der Waals surface area (Å²) < 4.78 is 1.64. The van der Waals surface area contributed by atoms with Crippen molar-refractivity contribution in [2.45, 2.75) is 33.2 Å². The number of carbonyl (C=O) groups excluding carboxylic acids is 1. The second kappa shape index (κ2) is 6.61. The summed E-state index contributed by atoms with van der Waals surface area (Å²) >= 11 is 0. The molecule has 1 amide bonds. The molecule has 0 radical (unpaired) electrons. The molecule has 0 aromatic carbocycles. The second-order valence-corrected chi connectivity index (χ2v) is 4.20. The summed E-state index contributed by atoms with van der Waals surface area (Å²) in [5, 5.41) is 6.93. The standard InChI is InChI=1S/C11H20N4O.ClH/c1-5-7(2)10(12)11(16)13-9-6-8(3)14-15(9)4;/h6-7,10H,5,12H2,1-4H3,(H,13,16);1H. The molecule has 3 N–H and O–H groups in total. The maximum absolute atomic E-state index is 11.8. The van der Waals surface area contributed by atoms with Gasteiger partial charge in [-0.2, -0.15) is 5.10 Å². The summed E-state index contributed by atoms with van der Waals surface area (Å²) in [6.07, 6.45) is 0.888. The Morgan fingerprint density at radius 3 is 2.65 bits per heavy atom. The average Bonchev–Trinajstić information content (AvgIpc) is 2.55. The van der Waals surface area contributed by atoms with Crippen LogP contribution in [-0.4, -0.2) is 21.7 Å². The Morgan fingerprint density at radius 1 is 1.65 bits per heavy atom. The normalized spacial score (nSPS) is 13.7. The molecule has 0 saturated carbocycles. The van der Waals surface area contributed by atoms with Gasteiger partial charge in [0, 0.05) is 13.1 Å². The molecular weight excluding hydrogens is 240 g/mol. The van der Waals surface area contributed by atoms with Gasteiger partial charge in [0.25, 0.3) is 0 Å². The Balaban J connectivity index is 0.00000256. The maximum atomic E-state index is 11.8. The van der Waals surface area contributed by atoms with E-state index in [4.69, 9.17) is 5.73 Å². The molecule has 1 rings (SSSR count). The fourth-order valence-electron chi connectivity index (χ4n) is 1.45. The van der Waals surface area contributed by atoms with Crippen LogP contribution in [0.3, 0.4) is 0 Å². The molecule has 0 aliphatic carbocycles. The minimum atomic E-state index is -0.472. The van der Waals surface area contributed by atoms with Crippen molar-refractivity contribution in [3.05, 3.63) is 11.8 Å². The van der Waals surface area contributed by atoms with Gasteiger partial charge < -0.3 is 11.1 Å². The zero-order chi connectivity index (χ0) is 12.3. The van der Waals surface area contributed by atoms with E-state index >= 15 is 0 Å². The van der Waals surface area contributed by atoms with Crippen LogP contribution in [0.5, 0.6) is 0 Å². The number of halogens is 1. The molecular formula is C11H21ClN4O. The van der Waals surface area contributed by atoms with Crippen molar-refractivity contribution in [3.63, 3.8) is 0 Å². The van der Waals surface area contributed by atoms with Gasteiger partial charge >= 0.3 is 0 Å². The maximum Gasteiger partial charge on any atom is 0.242 e. The van der Waals surface area contributed by atoms with Crippen LogP contribution in [0.15, 0.2) is 6.07 Å². The number of rotatable bonds is 4. The lowest BCUT2D eigenvalue weighted by Crippen LogP contribution is -2.40. The summed E-state index contributed by atoms with van der Waals surface area (Å²) in [7, 11) is 1.79. The molecule has 1 aromatic heterocycles. The Kier molecular flexibility index (Phi) is 6.20. The van der Waals surface area contributed by atoms with Gasteiger partial charge in [-0.25, -0.2) is 0 Å². The summed E-state index contributed by atoms with van der Waals surface area (Å²) in [5.41, 5.74) is 6.70. The van der Waals surface area contributed by atoms with Gasteiger partial charge in [0.2, 0.25) is 5.91 Å². The van der Waals surface area contributed by atoms with E-state index in [-0.39, 0.29) is 24.2 Å². The van der Waals surface area contributed by atoms with E-state index < -0.39 is 6.04 Å². The Hall–Kier alpha value is -1.07. The predicted octanol–water partition coefficient (Wildman–Crippen LogP) is 1.46. The number of nitrogens with zero attached hydrogens (tertiary/aromatic N) is 2. The zero-order valence-corrected chi connectivity index (χ0v) is 11.5. The summed E-state index contributed by atoms with van der Waals surface area (Å²) in [6, 6.07) is 1.35. The van der Waals surface area contributed by atoms with E-state index in [0.29, 0.717) is 5.82 Å². The van der Waals surface area contributed by atoms with Crippen molar-refractivity contribution in [2.24, 2.45) is 18.7 Å². The van der Waals surface area contributed by atoms with Gasteiger partial charge in [-0.1, -0.05) is 20.3 Å². The van der Waals surface area contributed by atoms with E-state index in [0.717, 1.165) is 12.1 Å². The highest BCUT2D eigenvalue weighted by molar-refractivity contribution is 5.94. The first-order valence-electron chi connectivity index (χ1n) is 5.52. The lowest BCUT2D eigenvalue weighted by molar-refractivity contribution is -0.118. The SMILES string of the molecule is CCC(C)C(N)C(=O)Nc1cc(C)nn1C.Cl. The van der Waals surface area contributed by atoms with Gasteiger partial charge in [0.1, 0.15) is 5.82 Å². The number of carbonyl (C=O) groups is 1. The molecule has 0 bridgehead atoms. The largest absolute Gasteiger partial charge is 0.320 e. The Bertz CT molecular complexity index is 378. The molecule has 2 unspecified atom stereocenters. The van der Waals surface area contributed by atoms with Crippen molar-refractivity contribution < 1.29 is 4.79 Å². The van der Waals surface area contributed by atoms with Crippen molar-refractivity contribution in [1.29, 1.82) is 0 Å². The molecule has 2 atom stereocenters. The first kappa shape index (κ1) is 15.9. The van der Waals surface area contributed by atoms with Crippen molar-refractivity contribution >= 4 is 24.1 Å². The number of hydrogen-bond donors (Lipinski definition) is 2. The lowest BCUT2D eigenvalue weighted by atomic mass is 9.99. The van der Waals surface area contributed by atoms with Gasteiger partial charge in [0.05, 0.1) is 11.7 Å². The van der Waals surface area contributed by atoms with Crippen LogP contribution < -0.4 is 11.1 Å². The molecule has 0 aliphatic rings. The molecule has 0 spiro atoms. The molecule has 0 saturated heterocycles. The monoisotopic (exact) mass is 260 g/mol. The highest BCUT2D eigenvalue weighted by atomic mass is 35.5. The van der Waals surface area contributed by atoms with E-state index in [1.807, 2.05) is 26.8 Å². The van der Waals surface area contributed by atoms with Crippen LogP contribution in [0.1, 0.15) is 26.0 Å². The third kappa shape index (κ3) is 4.02. The van der Waals surface area contributed by atoms with Crippen LogP contribution in [-0.2, 0) is 11.8 Å². The summed E-state index contributed by atoms with van der Waals surface area (Å²) in [5.74, 6) is 0.702. The molecule has 0 fully saturated rings. The summed E-state index contributed by atoms with van der Waals surface area (Å²) in [4.78, 5) is 11.8. The van der Waals surface area contributed by atoms with Gasteiger partial charge in [-0.3, -0.25) is 9.48 Å². The van der Waals surface area contributed by atoms with Gasteiger partial charge in [-0.05, 0) is 12.8 Å². The van der Waals surface area contributed by atoms with Crippen LogP contribution in [0.25, 0.3) is 0 Å². The highest BCUT2D eigenvalue weighted by Gasteiger charge is 2.20. The minimum absolute atomic E-state index is 0. The predicted molar refractivity (Wildman–Crippen MR) is 71.3 cm³/mol. The zero-order valence-electron chi connectivity index (χ0n) is 10.7. The lowest BCUT2D eigenvalue weighted by Gasteiger charge is -2.17. The highest BCUT2D eigenvalue weighted by Crippen LogP contribution is 2.11. The van der Waals surface area contributed by atoms with E-state index in [9.17, 15) is 4.79 Å². The van der Waals surface area contributed by atoms with E-state index in [1.165, 1.54) is 0 Å². The minimum Gasteiger partial charge on any atom is -0.320 e.